The van der Waals surface area contributed by atoms with E-state index in [0.717, 1.165) is 22.6 Å². The minimum Gasteiger partial charge on any atom is -0.487 e. The monoisotopic (exact) mass is 407 g/mol. The largest absolute Gasteiger partial charge is 0.487 e. The van der Waals surface area contributed by atoms with Crippen LogP contribution in [0.15, 0.2) is 59.0 Å². The third kappa shape index (κ3) is 3.96. The highest BCUT2D eigenvalue weighted by Crippen LogP contribution is 2.49. The van der Waals surface area contributed by atoms with E-state index in [4.69, 9.17) is 13.9 Å². The van der Waals surface area contributed by atoms with Gasteiger partial charge in [0, 0.05) is 12.2 Å². The molecule has 0 atom stereocenters. The van der Waals surface area contributed by atoms with Crippen molar-refractivity contribution >= 4 is 5.97 Å². The summed E-state index contributed by atoms with van der Waals surface area (Å²) in [6.45, 7) is 4.65. The number of carboxylic acid groups (broad SMARTS) is 1. The van der Waals surface area contributed by atoms with Gasteiger partial charge in [-0.15, -0.1) is 0 Å². The highest BCUT2D eigenvalue weighted by atomic mass is 16.5. The smallest absolute Gasteiger partial charge is 0.306 e. The normalized spacial score (nSPS) is 20.5. The van der Waals surface area contributed by atoms with Crippen molar-refractivity contribution in [1.29, 1.82) is 0 Å². The minimum atomic E-state index is -0.761. The molecule has 2 aromatic carbocycles. The van der Waals surface area contributed by atoms with Crippen LogP contribution in [0, 0.1) is 12.8 Å². The molecule has 1 N–H and O–H groups in total. The molecule has 1 saturated carbocycles. The average Bonchev–Trinajstić information content (AvgIpc) is 3.10. The fraction of sp³-hybridized carbons (Fsp3) is 0.333. The lowest BCUT2D eigenvalue weighted by molar-refractivity contribution is -0.170. The molecule has 0 amide bonds. The highest BCUT2D eigenvalue weighted by Gasteiger charge is 2.49. The molecule has 0 spiro atoms. The summed E-state index contributed by atoms with van der Waals surface area (Å²) in [7, 11) is 0. The van der Waals surface area contributed by atoms with Crippen LogP contribution in [0.25, 0.3) is 11.5 Å². The van der Waals surface area contributed by atoms with E-state index in [0.29, 0.717) is 37.7 Å². The molecule has 1 fully saturated rings. The Morgan fingerprint density at radius 3 is 2.50 bits per heavy atom. The molecule has 1 heterocycles. The molecule has 6 heteroatoms. The van der Waals surface area contributed by atoms with Crippen LogP contribution in [0.1, 0.15) is 36.8 Å². The zero-order chi connectivity index (χ0) is 21.1. The topological polar surface area (TPSA) is 81.8 Å². The molecule has 1 aliphatic rings. The molecule has 3 aromatic rings. The third-order valence-corrected chi connectivity index (χ3v) is 5.59. The molecule has 0 bridgehead atoms. The number of aliphatic carboxylic acids is 1. The van der Waals surface area contributed by atoms with Crippen molar-refractivity contribution < 1.29 is 23.8 Å². The van der Waals surface area contributed by atoms with Gasteiger partial charge in [-0.3, -0.25) is 4.79 Å². The first-order chi connectivity index (χ1) is 14.5. The number of hydrogen-bond acceptors (Lipinski definition) is 5. The van der Waals surface area contributed by atoms with Crippen LogP contribution in [-0.2, 0) is 21.7 Å². The van der Waals surface area contributed by atoms with Gasteiger partial charge in [-0.1, -0.05) is 30.3 Å². The van der Waals surface area contributed by atoms with Gasteiger partial charge in [0.1, 0.15) is 23.8 Å². The van der Waals surface area contributed by atoms with Crippen LogP contribution >= 0.6 is 0 Å². The lowest BCUT2D eigenvalue weighted by atomic mass is 9.67. The van der Waals surface area contributed by atoms with E-state index in [1.165, 1.54) is 0 Å². The van der Waals surface area contributed by atoms with Gasteiger partial charge in [-0.05, 0) is 56.5 Å². The predicted octanol–water partition coefficient (Wildman–Crippen LogP) is 4.96. The van der Waals surface area contributed by atoms with Crippen molar-refractivity contribution in [2.45, 2.75) is 38.9 Å². The number of carboxylic acids is 1. The fourth-order valence-corrected chi connectivity index (χ4v) is 3.90. The molecule has 4 rings (SSSR count). The molecular formula is C24H25NO5. The second-order valence-electron chi connectivity index (χ2n) is 7.57. The summed E-state index contributed by atoms with van der Waals surface area (Å²) in [5, 5.41) is 9.21. The average molecular weight is 407 g/mol. The summed E-state index contributed by atoms with van der Waals surface area (Å²) >= 11 is 0. The quantitative estimate of drug-likeness (QED) is 0.569. The van der Waals surface area contributed by atoms with Crippen LogP contribution < -0.4 is 4.74 Å². The molecule has 0 saturated heterocycles. The SMILES string of the molecule is CCOC1(c2ccc(OCc3nc(-c4ccccc4)oc3C)cc2)CC(C(=O)O)C1. The Hall–Kier alpha value is -3.12. The summed E-state index contributed by atoms with van der Waals surface area (Å²) in [5.74, 6) is 0.918. The highest BCUT2D eigenvalue weighted by molar-refractivity contribution is 5.72. The van der Waals surface area contributed by atoms with Gasteiger partial charge in [0.05, 0.1) is 11.5 Å². The Morgan fingerprint density at radius 1 is 1.17 bits per heavy atom. The van der Waals surface area contributed by atoms with E-state index in [2.05, 4.69) is 4.98 Å². The van der Waals surface area contributed by atoms with E-state index in [-0.39, 0.29) is 5.92 Å². The van der Waals surface area contributed by atoms with Gasteiger partial charge in [0.2, 0.25) is 5.89 Å². The number of ether oxygens (including phenoxy) is 2. The molecule has 1 aliphatic carbocycles. The van der Waals surface area contributed by atoms with Crippen LogP contribution in [0.3, 0.4) is 0 Å². The van der Waals surface area contributed by atoms with Gasteiger partial charge >= 0.3 is 5.97 Å². The van der Waals surface area contributed by atoms with Crippen molar-refractivity contribution in [3.8, 4) is 17.2 Å². The molecule has 30 heavy (non-hydrogen) atoms. The molecular weight excluding hydrogens is 382 g/mol. The number of aryl methyl sites for hydroxylation is 1. The predicted molar refractivity (Wildman–Crippen MR) is 111 cm³/mol. The number of oxazole rings is 1. The third-order valence-electron chi connectivity index (χ3n) is 5.59. The van der Waals surface area contributed by atoms with E-state index in [1.807, 2.05) is 68.4 Å². The van der Waals surface area contributed by atoms with Crippen LogP contribution in [-0.4, -0.2) is 22.7 Å². The van der Waals surface area contributed by atoms with Crippen molar-refractivity contribution in [2.24, 2.45) is 5.92 Å². The standard InChI is InChI=1S/C24H25NO5/c1-3-29-24(13-18(14-24)23(26)27)19-9-11-20(12-10-19)28-15-21-16(2)30-22(25-21)17-7-5-4-6-8-17/h4-12,18H,3,13-15H2,1-2H3,(H,26,27). The van der Waals surface area contributed by atoms with Crippen molar-refractivity contribution in [3.63, 3.8) is 0 Å². The van der Waals surface area contributed by atoms with Gasteiger partial charge in [-0.2, -0.15) is 0 Å². The molecule has 6 nitrogen and oxygen atoms in total. The Kier molecular flexibility index (Phi) is 5.59. The Bertz CT molecular complexity index is 1000. The summed E-state index contributed by atoms with van der Waals surface area (Å²) < 4.78 is 17.6. The summed E-state index contributed by atoms with van der Waals surface area (Å²) in [5.41, 5.74) is 2.16. The van der Waals surface area contributed by atoms with Gasteiger partial charge in [-0.25, -0.2) is 4.98 Å². The zero-order valence-corrected chi connectivity index (χ0v) is 17.1. The second-order valence-corrected chi connectivity index (χ2v) is 7.57. The molecule has 0 radical (unpaired) electrons. The molecule has 0 unspecified atom stereocenters. The van der Waals surface area contributed by atoms with Gasteiger partial charge < -0.3 is 19.0 Å². The van der Waals surface area contributed by atoms with Crippen LogP contribution in [0.2, 0.25) is 0 Å². The van der Waals surface area contributed by atoms with E-state index >= 15 is 0 Å². The maximum atomic E-state index is 11.2. The summed E-state index contributed by atoms with van der Waals surface area (Å²) in [4.78, 5) is 15.8. The Labute approximate surface area is 175 Å². The number of benzene rings is 2. The maximum absolute atomic E-state index is 11.2. The van der Waals surface area contributed by atoms with E-state index in [1.54, 1.807) is 0 Å². The van der Waals surface area contributed by atoms with Gasteiger partial charge in [0.15, 0.2) is 0 Å². The van der Waals surface area contributed by atoms with Crippen molar-refractivity contribution in [1.82, 2.24) is 4.98 Å². The van der Waals surface area contributed by atoms with Crippen molar-refractivity contribution in [2.75, 3.05) is 6.61 Å². The number of aromatic nitrogens is 1. The molecule has 156 valence electrons. The summed E-state index contributed by atoms with van der Waals surface area (Å²) in [6.07, 6.45) is 0.994. The first-order valence-corrected chi connectivity index (χ1v) is 10.1. The van der Waals surface area contributed by atoms with Crippen molar-refractivity contribution in [3.05, 3.63) is 71.6 Å². The first kappa shape index (κ1) is 20.2. The number of nitrogens with zero attached hydrogens (tertiary/aromatic N) is 1. The van der Waals surface area contributed by atoms with Gasteiger partial charge in [0.25, 0.3) is 0 Å². The zero-order valence-electron chi connectivity index (χ0n) is 17.1. The number of carbonyl (C=O) groups is 1. The lowest BCUT2D eigenvalue weighted by Gasteiger charge is -2.45. The van der Waals surface area contributed by atoms with E-state index < -0.39 is 11.6 Å². The van der Waals surface area contributed by atoms with Crippen LogP contribution in [0.4, 0.5) is 0 Å². The Morgan fingerprint density at radius 2 is 1.87 bits per heavy atom. The fourth-order valence-electron chi connectivity index (χ4n) is 3.90. The minimum absolute atomic E-state index is 0.305. The molecule has 1 aromatic heterocycles. The van der Waals surface area contributed by atoms with Crippen LogP contribution in [0.5, 0.6) is 5.75 Å². The number of hydrogen-bond donors (Lipinski definition) is 1. The van der Waals surface area contributed by atoms with E-state index in [9.17, 15) is 9.90 Å². The molecule has 0 aliphatic heterocycles. The number of rotatable bonds is 8. The second kappa shape index (κ2) is 8.32. The Balaban J connectivity index is 1.42. The first-order valence-electron chi connectivity index (χ1n) is 10.1. The summed E-state index contributed by atoms with van der Waals surface area (Å²) in [6, 6.07) is 17.4. The maximum Gasteiger partial charge on any atom is 0.306 e. The lowest BCUT2D eigenvalue weighted by Crippen LogP contribution is -2.46.